The number of rotatable bonds is 12. The molecule has 7 nitrogen and oxygen atoms in total. The van der Waals surface area contributed by atoms with Crippen LogP contribution in [-0.2, 0) is 18.7 Å². The fourth-order valence-electron chi connectivity index (χ4n) is 4.90. The summed E-state index contributed by atoms with van der Waals surface area (Å²) in [6.45, 7) is 13.1. The Morgan fingerprint density at radius 2 is 1.86 bits per heavy atom. The Kier molecular flexibility index (Phi) is 10.0. The highest BCUT2D eigenvalue weighted by molar-refractivity contribution is 6.74. The first-order valence-corrected chi connectivity index (χ1v) is 16.2. The molecule has 0 saturated heterocycles. The van der Waals surface area contributed by atoms with Crippen molar-refractivity contribution in [3.05, 3.63) is 54.8 Å². The van der Waals surface area contributed by atoms with Crippen LogP contribution in [0.4, 0.5) is 0 Å². The van der Waals surface area contributed by atoms with E-state index in [1.807, 2.05) is 49.4 Å². The van der Waals surface area contributed by atoms with Gasteiger partial charge in [0.05, 0.1) is 31.0 Å². The SMILES string of the molecule is CC(Oc1ccccc1)C(CC[C@H]1C(CC(=O)O)[C@@H](O)C[C@H]1O[C@@H]1C=CC=CO1)O[Si](C)(C)C(C)(C)C. The van der Waals surface area contributed by atoms with Crippen LogP contribution < -0.4 is 4.74 Å². The molecule has 1 fully saturated rings. The lowest BCUT2D eigenvalue weighted by atomic mass is 9.86. The summed E-state index contributed by atoms with van der Waals surface area (Å²) in [7, 11) is -2.13. The molecule has 1 aliphatic carbocycles. The largest absolute Gasteiger partial charge is 0.488 e. The van der Waals surface area contributed by atoms with E-state index in [-0.39, 0.29) is 35.7 Å². The predicted molar refractivity (Wildman–Crippen MR) is 146 cm³/mol. The molecule has 7 atom stereocenters. The van der Waals surface area contributed by atoms with Crippen LogP contribution in [0, 0.1) is 11.8 Å². The Morgan fingerprint density at radius 1 is 1.16 bits per heavy atom. The quantitative estimate of drug-likeness (QED) is 0.323. The Labute approximate surface area is 222 Å². The number of benzene rings is 1. The zero-order chi connectivity index (χ0) is 27.2. The second kappa shape index (κ2) is 12.6. The highest BCUT2D eigenvalue weighted by atomic mass is 28.4. The molecule has 1 heterocycles. The van der Waals surface area contributed by atoms with Gasteiger partial charge in [-0.1, -0.05) is 45.0 Å². The summed E-state index contributed by atoms with van der Waals surface area (Å²) in [4.78, 5) is 11.7. The molecule has 2 aliphatic rings. The van der Waals surface area contributed by atoms with Crippen LogP contribution in [0.2, 0.25) is 18.1 Å². The molecule has 0 aromatic heterocycles. The van der Waals surface area contributed by atoms with E-state index in [0.29, 0.717) is 19.3 Å². The number of carboxylic acid groups (broad SMARTS) is 1. The van der Waals surface area contributed by atoms with Crippen LogP contribution in [0.1, 0.15) is 53.4 Å². The second-order valence-corrected chi connectivity index (χ2v) is 16.5. The monoisotopic (exact) mass is 532 g/mol. The number of hydrogen-bond donors (Lipinski definition) is 2. The minimum absolute atomic E-state index is 0.0247. The van der Waals surface area contributed by atoms with E-state index in [2.05, 4.69) is 33.9 Å². The topological polar surface area (TPSA) is 94.5 Å². The maximum atomic E-state index is 11.7. The third-order valence-corrected chi connectivity index (χ3v) is 12.5. The number of hydrogen-bond acceptors (Lipinski definition) is 6. The van der Waals surface area contributed by atoms with Crippen molar-refractivity contribution >= 4 is 14.3 Å². The number of aliphatic hydroxyl groups excluding tert-OH is 1. The van der Waals surface area contributed by atoms with Gasteiger partial charge in [-0.3, -0.25) is 4.79 Å². The summed E-state index contributed by atoms with van der Waals surface area (Å²) in [6.07, 6.45) is 6.59. The Hall–Kier alpha value is -2.13. The van der Waals surface area contributed by atoms with E-state index in [9.17, 15) is 15.0 Å². The second-order valence-electron chi connectivity index (χ2n) is 11.8. The van der Waals surface area contributed by atoms with Gasteiger partial charge in [-0.25, -0.2) is 0 Å². The van der Waals surface area contributed by atoms with Gasteiger partial charge in [-0.15, -0.1) is 0 Å². The van der Waals surface area contributed by atoms with Crippen molar-refractivity contribution in [2.45, 2.75) is 102 Å². The van der Waals surface area contributed by atoms with Gasteiger partial charge in [0.15, 0.2) is 8.32 Å². The summed E-state index contributed by atoms with van der Waals surface area (Å²) < 4.78 is 24.9. The number of aliphatic hydroxyl groups is 1. The van der Waals surface area contributed by atoms with Gasteiger partial charge in [-0.05, 0) is 68.1 Å². The molecule has 206 valence electrons. The fraction of sp³-hybridized carbons (Fsp3) is 0.621. The van der Waals surface area contributed by atoms with Crippen molar-refractivity contribution in [3.63, 3.8) is 0 Å². The summed E-state index contributed by atoms with van der Waals surface area (Å²) in [5.74, 6) is -0.677. The summed E-state index contributed by atoms with van der Waals surface area (Å²) in [6, 6.07) is 9.72. The molecule has 0 spiro atoms. The molecule has 37 heavy (non-hydrogen) atoms. The molecule has 2 N–H and O–H groups in total. The Balaban J connectivity index is 1.79. The minimum Gasteiger partial charge on any atom is -0.488 e. The number of para-hydroxylation sites is 1. The van der Waals surface area contributed by atoms with Gasteiger partial charge in [0.1, 0.15) is 11.9 Å². The highest BCUT2D eigenvalue weighted by Gasteiger charge is 2.46. The first-order chi connectivity index (χ1) is 17.4. The smallest absolute Gasteiger partial charge is 0.303 e. The van der Waals surface area contributed by atoms with Gasteiger partial charge in [0.25, 0.3) is 0 Å². The first-order valence-electron chi connectivity index (χ1n) is 13.3. The average Bonchev–Trinajstić information content (AvgIpc) is 3.10. The summed E-state index contributed by atoms with van der Waals surface area (Å²) in [5.41, 5.74) is 0. The normalized spacial score (nSPS) is 27.5. The molecule has 1 saturated carbocycles. The summed E-state index contributed by atoms with van der Waals surface area (Å²) in [5, 5.41) is 20.4. The molecule has 1 aromatic carbocycles. The lowest BCUT2D eigenvalue weighted by Gasteiger charge is -2.41. The zero-order valence-corrected chi connectivity index (χ0v) is 24.0. The maximum Gasteiger partial charge on any atom is 0.303 e. The lowest BCUT2D eigenvalue weighted by molar-refractivity contribution is -0.140. The highest BCUT2D eigenvalue weighted by Crippen LogP contribution is 2.42. The van der Waals surface area contributed by atoms with Crippen molar-refractivity contribution in [2.75, 3.05) is 0 Å². The minimum atomic E-state index is -2.13. The molecule has 0 amide bonds. The molecular weight excluding hydrogens is 488 g/mol. The van der Waals surface area contributed by atoms with Gasteiger partial charge in [-0.2, -0.15) is 0 Å². The number of carbonyl (C=O) groups is 1. The Morgan fingerprint density at radius 3 is 2.46 bits per heavy atom. The summed E-state index contributed by atoms with van der Waals surface area (Å²) >= 11 is 0. The van der Waals surface area contributed by atoms with E-state index in [1.165, 1.54) is 0 Å². The fourth-order valence-corrected chi connectivity index (χ4v) is 6.32. The van der Waals surface area contributed by atoms with Crippen LogP contribution in [0.15, 0.2) is 54.8 Å². The Bertz CT molecular complexity index is 924. The molecular formula is C29H44O7Si. The average molecular weight is 533 g/mol. The van der Waals surface area contributed by atoms with Gasteiger partial charge in [0, 0.05) is 12.3 Å². The molecule has 1 aromatic rings. The van der Waals surface area contributed by atoms with Gasteiger partial charge >= 0.3 is 5.97 Å². The molecule has 0 bridgehead atoms. The van der Waals surface area contributed by atoms with Crippen molar-refractivity contribution in [2.24, 2.45) is 11.8 Å². The van der Waals surface area contributed by atoms with Crippen LogP contribution >= 0.6 is 0 Å². The van der Waals surface area contributed by atoms with E-state index < -0.39 is 32.6 Å². The lowest BCUT2D eigenvalue weighted by Crippen LogP contribution is -2.48. The van der Waals surface area contributed by atoms with E-state index in [1.54, 1.807) is 12.3 Å². The molecule has 8 heteroatoms. The maximum absolute atomic E-state index is 11.7. The molecule has 0 radical (unpaired) electrons. The third-order valence-electron chi connectivity index (χ3n) is 8.01. The van der Waals surface area contributed by atoms with E-state index in [4.69, 9.17) is 18.6 Å². The van der Waals surface area contributed by atoms with Crippen molar-refractivity contribution < 1.29 is 33.6 Å². The first kappa shape index (κ1) is 29.4. The van der Waals surface area contributed by atoms with Crippen molar-refractivity contribution in [1.82, 2.24) is 0 Å². The third kappa shape index (κ3) is 8.17. The molecule has 1 aliphatic heterocycles. The zero-order valence-electron chi connectivity index (χ0n) is 23.0. The number of ether oxygens (including phenoxy) is 3. The van der Waals surface area contributed by atoms with E-state index in [0.717, 1.165) is 5.75 Å². The number of carboxylic acids is 1. The van der Waals surface area contributed by atoms with E-state index >= 15 is 0 Å². The predicted octanol–water partition coefficient (Wildman–Crippen LogP) is 5.91. The van der Waals surface area contributed by atoms with Gasteiger partial charge in [0.2, 0.25) is 6.29 Å². The van der Waals surface area contributed by atoms with Crippen LogP contribution in [-0.4, -0.2) is 55.2 Å². The molecule has 3 unspecified atom stereocenters. The van der Waals surface area contributed by atoms with Crippen LogP contribution in [0.5, 0.6) is 5.75 Å². The number of allylic oxidation sites excluding steroid dienone is 2. The van der Waals surface area contributed by atoms with Gasteiger partial charge < -0.3 is 28.8 Å². The van der Waals surface area contributed by atoms with Crippen molar-refractivity contribution in [3.8, 4) is 5.75 Å². The van der Waals surface area contributed by atoms with Crippen LogP contribution in [0.3, 0.4) is 0 Å². The van der Waals surface area contributed by atoms with Crippen molar-refractivity contribution in [1.29, 1.82) is 0 Å². The van der Waals surface area contributed by atoms with Crippen LogP contribution in [0.25, 0.3) is 0 Å². The molecule has 3 rings (SSSR count). The number of aliphatic carboxylic acids is 1. The standard InChI is InChI=1S/C29H44O7Si/c1-20(34-21-12-8-7-9-13-21)25(36-37(5,6)29(2,3)4)16-15-22-23(18-27(31)32)24(30)19-26(22)35-28-14-10-11-17-33-28/h7-14,17,20,22-26,28,30H,15-16,18-19H2,1-6H3,(H,31,32)/t20?,22-,23?,24-,25?,26+,28+/m0/s1.